The van der Waals surface area contributed by atoms with Crippen LogP contribution < -0.4 is 5.32 Å². The molecular weight excluding hydrogens is 309 g/mol. The second kappa shape index (κ2) is 6.18. The lowest BCUT2D eigenvalue weighted by Crippen LogP contribution is -2.14. The molecule has 0 aliphatic heterocycles. The summed E-state index contributed by atoms with van der Waals surface area (Å²) < 4.78 is 12.9. The van der Waals surface area contributed by atoms with E-state index in [0.717, 1.165) is 11.7 Å². The van der Waals surface area contributed by atoms with Crippen LogP contribution in [0, 0.1) is 0 Å². The summed E-state index contributed by atoms with van der Waals surface area (Å²) in [6, 6.07) is 5.11. The number of hydrogen-bond donors (Lipinski definition) is 1. The topological polar surface area (TPSA) is 64.1 Å². The Morgan fingerprint density at radius 1 is 1.37 bits per heavy atom. The minimum absolute atomic E-state index is 0.269. The normalized spacial score (nSPS) is 10.3. The molecular formula is C11H9Cl2N3O2S. The summed E-state index contributed by atoms with van der Waals surface area (Å²) >= 11 is 13.1. The summed E-state index contributed by atoms with van der Waals surface area (Å²) in [6.07, 6.45) is -0.598. The van der Waals surface area contributed by atoms with Gasteiger partial charge in [0.05, 0.1) is 28.4 Å². The first-order chi connectivity index (χ1) is 9.13. The Kier molecular flexibility index (Phi) is 4.57. The van der Waals surface area contributed by atoms with Gasteiger partial charge in [0.15, 0.2) is 5.82 Å². The zero-order valence-electron chi connectivity index (χ0n) is 9.81. The van der Waals surface area contributed by atoms with E-state index in [1.165, 1.54) is 0 Å². The number of aromatic nitrogens is 2. The van der Waals surface area contributed by atoms with Crippen molar-refractivity contribution in [2.24, 2.45) is 0 Å². The molecule has 1 heterocycles. The minimum atomic E-state index is -0.598. The molecule has 5 nitrogen and oxygen atoms in total. The number of hydrogen-bond acceptors (Lipinski definition) is 5. The number of carbonyl (C=O) groups is 1. The van der Waals surface area contributed by atoms with Gasteiger partial charge < -0.3 is 4.74 Å². The van der Waals surface area contributed by atoms with Crippen LogP contribution in [0.15, 0.2) is 18.2 Å². The summed E-state index contributed by atoms with van der Waals surface area (Å²) in [7, 11) is 0. The molecule has 2 rings (SSSR count). The van der Waals surface area contributed by atoms with Crippen LogP contribution in [0.5, 0.6) is 0 Å². The quantitative estimate of drug-likeness (QED) is 0.926. The highest BCUT2D eigenvalue weighted by atomic mass is 35.5. The molecule has 0 unspecified atom stereocenters. The van der Waals surface area contributed by atoms with E-state index in [0.29, 0.717) is 21.3 Å². The summed E-state index contributed by atoms with van der Waals surface area (Å²) in [6.45, 7) is 1.98. The Hall–Kier alpha value is -1.37. The minimum Gasteiger partial charge on any atom is -0.450 e. The van der Waals surface area contributed by atoms with E-state index < -0.39 is 6.09 Å². The molecule has 0 radical (unpaired) electrons. The molecule has 0 bridgehead atoms. The fraction of sp³-hybridized carbons (Fsp3) is 0.182. The molecule has 0 saturated carbocycles. The van der Waals surface area contributed by atoms with Crippen molar-refractivity contribution in [3.63, 3.8) is 0 Å². The van der Waals surface area contributed by atoms with E-state index in [2.05, 4.69) is 14.1 Å². The standard InChI is InChI=1S/C11H9Cl2N3O2S/c1-2-18-11(17)14-10-9(15-19-16-10)8-6(12)4-3-5-7(8)13/h3-5H,2H2,1H3,(H,14,16,17). The third kappa shape index (κ3) is 3.15. The average Bonchev–Trinajstić information content (AvgIpc) is 2.77. The Balaban J connectivity index is 2.37. The monoisotopic (exact) mass is 317 g/mol. The van der Waals surface area contributed by atoms with Gasteiger partial charge in [0, 0.05) is 5.56 Å². The van der Waals surface area contributed by atoms with Crippen molar-refractivity contribution in [3.8, 4) is 11.3 Å². The number of benzene rings is 1. The van der Waals surface area contributed by atoms with Crippen molar-refractivity contribution in [1.29, 1.82) is 0 Å². The fourth-order valence-electron chi connectivity index (χ4n) is 1.42. The van der Waals surface area contributed by atoms with E-state index >= 15 is 0 Å². The second-order valence-corrected chi connectivity index (χ2v) is 4.75. The summed E-state index contributed by atoms with van der Waals surface area (Å²) in [4.78, 5) is 11.4. The van der Waals surface area contributed by atoms with E-state index in [-0.39, 0.29) is 12.4 Å². The van der Waals surface area contributed by atoms with Gasteiger partial charge in [0.2, 0.25) is 0 Å². The number of halogens is 2. The van der Waals surface area contributed by atoms with E-state index in [1.807, 2.05) is 0 Å². The highest BCUT2D eigenvalue weighted by Crippen LogP contribution is 2.37. The van der Waals surface area contributed by atoms with Crippen molar-refractivity contribution in [2.45, 2.75) is 6.92 Å². The number of ether oxygens (including phenoxy) is 1. The van der Waals surface area contributed by atoms with Crippen LogP contribution in [-0.4, -0.2) is 21.4 Å². The van der Waals surface area contributed by atoms with E-state index in [4.69, 9.17) is 27.9 Å². The molecule has 0 aliphatic rings. The zero-order valence-corrected chi connectivity index (χ0v) is 12.1. The molecule has 1 N–H and O–H groups in total. The fourth-order valence-corrected chi connectivity index (χ4v) is 2.51. The van der Waals surface area contributed by atoms with Gasteiger partial charge in [0.1, 0.15) is 5.69 Å². The first kappa shape index (κ1) is 14.0. The summed E-state index contributed by atoms with van der Waals surface area (Å²) in [5.74, 6) is 0.276. The molecule has 0 atom stereocenters. The SMILES string of the molecule is CCOC(=O)Nc1nsnc1-c1c(Cl)cccc1Cl. The van der Waals surface area contributed by atoms with Crippen molar-refractivity contribution >= 4 is 46.8 Å². The lowest BCUT2D eigenvalue weighted by atomic mass is 10.1. The van der Waals surface area contributed by atoms with Gasteiger partial charge in [-0.3, -0.25) is 5.32 Å². The van der Waals surface area contributed by atoms with Crippen LogP contribution in [0.25, 0.3) is 11.3 Å². The Morgan fingerprint density at radius 2 is 2.05 bits per heavy atom. The number of anilines is 1. The molecule has 2 aromatic rings. The number of carbonyl (C=O) groups excluding carboxylic acids is 1. The number of rotatable bonds is 3. The van der Waals surface area contributed by atoms with Crippen LogP contribution in [0.1, 0.15) is 6.92 Å². The lowest BCUT2D eigenvalue weighted by Gasteiger charge is -2.07. The number of nitrogens with one attached hydrogen (secondary N) is 1. The van der Waals surface area contributed by atoms with Gasteiger partial charge in [-0.2, -0.15) is 8.75 Å². The summed E-state index contributed by atoms with van der Waals surface area (Å²) in [5.41, 5.74) is 0.958. The van der Waals surface area contributed by atoms with Crippen molar-refractivity contribution in [2.75, 3.05) is 11.9 Å². The van der Waals surface area contributed by atoms with Crippen molar-refractivity contribution in [1.82, 2.24) is 8.75 Å². The predicted octanol–water partition coefficient (Wildman–Crippen LogP) is 4.08. The van der Waals surface area contributed by atoms with Crippen LogP contribution in [0.4, 0.5) is 10.6 Å². The smallest absolute Gasteiger partial charge is 0.412 e. The lowest BCUT2D eigenvalue weighted by molar-refractivity contribution is 0.168. The Morgan fingerprint density at radius 3 is 2.68 bits per heavy atom. The van der Waals surface area contributed by atoms with E-state index in [9.17, 15) is 4.79 Å². The molecule has 8 heteroatoms. The van der Waals surface area contributed by atoms with Gasteiger partial charge in [0.25, 0.3) is 0 Å². The summed E-state index contributed by atoms with van der Waals surface area (Å²) in [5, 5.41) is 3.38. The number of amides is 1. The molecule has 0 spiro atoms. The maximum atomic E-state index is 11.4. The molecule has 1 aromatic heterocycles. The first-order valence-corrected chi connectivity index (χ1v) is 6.82. The Bertz CT molecular complexity index is 583. The van der Waals surface area contributed by atoms with Crippen LogP contribution in [0.3, 0.4) is 0 Å². The molecule has 0 saturated heterocycles. The number of nitrogens with zero attached hydrogens (tertiary/aromatic N) is 2. The van der Waals surface area contributed by atoms with Crippen molar-refractivity contribution in [3.05, 3.63) is 28.2 Å². The molecule has 0 fully saturated rings. The molecule has 0 aliphatic carbocycles. The van der Waals surface area contributed by atoms with Gasteiger partial charge in [-0.25, -0.2) is 4.79 Å². The van der Waals surface area contributed by atoms with Crippen LogP contribution in [0.2, 0.25) is 10.0 Å². The van der Waals surface area contributed by atoms with Gasteiger partial charge >= 0.3 is 6.09 Å². The van der Waals surface area contributed by atoms with Crippen molar-refractivity contribution < 1.29 is 9.53 Å². The van der Waals surface area contributed by atoms with Gasteiger partial charge in [-0.1, -0.05) is 29.3 Å². The molecule has 100 valence electrons. The largest absolute Gasteiger partial charge is 0.450 e. The average molecular weight is 318 g/mol. The van der Waals surface area contributed by atoms with Gasteiger partial charge in [-0.05, 0) is 19.1 Å². The third-order valence-electron chi connectivity index (χ3n) is 2.18. The van der Waals surface area contributed by atoms with Gasteiger partial charge in [-0.15, -0.1) is 0 Å². The predicted molar refractivity (Wildman–Crippen MR) is 76.0 cm³/mol. The molecule has 1 amide bonds. The maximum absolute atomic E-state index is 11.4. The second-order valence-electron chi connectivity index (χ2n) is 3.40. The zero-order chi connectivity index (χ0) is 13.8. The van der Waals surface area contributed by atoms with Crippen LogP contribution in [-0.2, 0) is 4.74 Å². The maximum Gasteiger partial charge on any atom is 0.412 e. The van der Waals surface area contributed by atoms with Crippen LogP contribution >= 0.6 is 34.9 Å². The highest BCUT2D eigenvalue weighted by molar-refractivity contribution is 6.99. The molecule has 1 aromatic carbocycles. The third-order valence-corrected chi connectivity index (χ3v) is 3.34. The molecule has 19 heavy (non-hydrogen) atoms. The first-order valence-electron chi connectivity index (χ1n) is 5.34. The highest BCUT2D eigenvalue weighted by Gasteiger charge is 2.18. The van der Waals surface area contributed by atoms with E-state index in [1.54, 1.807) is 25.1 Å². The Labute approximate surface area is 123 Å².